The van der Waals surface area contributed by atoms with E-state index in [0.29, 0.717) is 17.5 Å². The molecule has 19 heavy (non-hydrogen) atoms. The largest absolute Gasteiger partial charge is 0.363 e. The molecule has 0 aliphatic heterocycles. The molecule has 0 radical (unpaired) electrons. The summed E-state index contributed by atoms with van der Waals surface area (Å²) in [6.07, 6.45) is 4.00. The highest BCUT2D eigenvalue weighted by Crippen LogP contribution is 2.19. The van der Waals surface area contributed by atoms with Crippen LogP contribution >= 0.6 is 0 Å². The molecule has 1 atom stereocenters. The van der Waals surface area contributed by atoms with Crippen molar-refractivity contribution < 1.29 is 8.42 Å². The van der Waals surface area contributed by atoms with Crippen molar-refractivity contribution in [3.8, 4) is 0 Å². The summed E-state index contributed by atoms with van der Waals surface area (Å²) in [6.45, 7) is 6.56. The molecule has 1 unspecified atom stereocenters. The first kappa shape index (κ1) is 14.6. The predicted molar refractivity (Wildman–Crippen MR) is 75.3 cm³/mol. The standard InChI is InChI=1S/C13H23N3O2S/c1-9(2)10(3)16-19(17,18)13-6-12(15-8-13)7-14-11-4-5-11/h6,8-11,14-16H,4-5,7H2,1-3H3. The summed E-state index contributed by atoms with van der Waals surface area (Å²) >= 11 is 0. The highest BCUT2D eigenvalue weighted by Gasteiger charge is 2.22. The Morgan fingerprint density at radius 1 is 1.37 bits per heavy atom. The molecule has 3 N–H and O–H groups in total. The first-order valence-electron chi connectivity index (χ1n) is 6.81. The maximum atomic E-state index is 12.2. The summed E-state index contributed by atoms with van der Waals surface area (Å²) < 4.78 is 27.0. The van der Waals surface area contributed by atoms with Crippen LogP contribution in [-0.4, -0.2) is 25.5 Å². The summed E-state index contributed by atoms with van der Waals surface area (Å²) in [5.41, 5.74) is 0.907. The van der Waals surface area contributed by atoms with Crippen LogP contribution in [0, 0.1) is 5.92 Å². The molecule has 1 aromatic rings. The Kier molecular flexibility index (Phi) is 4.32. The van der Waals surface area contributed by atoms with Gasteiger partial charge in [-0.15, -0.1) is 0 Å². The van der Waals surface area contributed by atoms with E-state index in [-0.39, 0.29) is 12.0 Å². The monoisotopic (exact) mass is 285 g/mol. The zero-order valence-corrected chi connectivity index (χ0v) is 12.5. The lowest BCUT2D eigenvalue weighted by Crippen LogP contribution is -2.35. The average Bonchev–Trinajstić information content (AvgIpc) is 3.02. The van der Waals surface area contributed by atoms with Gasteiger partial charge in [0.25, 0.3) is 0 Å². The quantitative estimate of drug-likeness (QED) is 0.712. The second-order valence-corrected chi connectivity index (χ2v) is 7.38. The van der Waals surface area contributed by atoms with Crippen LogP contribution in [0.1, 0.15) is 39.3 Å². The van der Waals surface area contributed by atoms with Crippen LogP contribution in [0.2, 0.25) is 0 Å². The molecule has 108 valence electrons. The number of rotatable bonds is 7. The number of aromatic nitrogens is 1. The average molecular weight is 285 g/mol. The lowest BCUT2D eigenvalue weighted by atomic mass is 10.1. The van der Waals surface area contributed by atoms with Gasteiger partial charge in [0.15, 0.2) is 0 Å². The molecule has 1 aliphatic rings. The summed E-state index contributed by atoms with van der Waals surface area (Å²) in [7, 11) is -3.42. The van der Waals surface area contributed by atoms with Crippen LogP contribution in [0.4, 0.5) is 0 Å². The fourth-order valence-corrected chi connectivity index (χ4v) is 3.08. The number of nitrogens with one attached hydrogen (secondary N) is 3. The predicted octanol–water partition coefficient (Wildman–Crippen LogP) is 1.59. The molecular formula is C13H23N3O2S. The third-order valence-electron chi connectivity index (χ3n) is 3.53. The first-order valence-corrected chi connectivity index (χ1v) is 8.30. The van der Waals surface area contributed by atoms with Crippen molar-refractivity contribution >= 4 is 10.0 Å². The van der Waals surface area contributed by atoms with Crippen molar-refractivity contribution in [3.63, 3.8) is 0 Å². The fraction of sp³-hybridized carbons (Fsp3) is 0.692. The van der Waals surface area contributed by atoms with Gasteiger partial charge in [0.05, 0.1) is 4.90 Å². The highest BCUT2D eigenvalue weighted by atomic mass is 32.2. The third-order valence-corrected chi connectivity index (χ3v) is 5.06. The van der Waals surface area contributed by atoms with E-state index < -0.39 is 10.0 Å². The maximum absolute atomic E-state index is 12.2. The third kappa shape index (κ3) is 4.06. The molecular weight excluding hydrogens is 262 g/mol. The lowest BCUT2D eigenvalue weighted by molar-refractivity contribution is 0.476. The lowest BCUT2D eigenvalue weighted by Gasteiger charge is -2.16. The smallest absolute Gasteiger partial charge is 0.242 e. The Hall–Kier alpha value is -0.850. The SMILES string of the molecule is CC(C)C(C)NS(=O)(=O)c1c[nH]c(CNC2CC2)c1. The number of hydrogen-bond donors (Lipinski definition) is 3. The van der Waals surface area contributed by atoms with Crippen molar-refractivity contribution in [1.29, 1.82) is 0 Å². The molecule has 6 heteroatoms. The molecule has 5 nitrogen and oxygen atoms in total. The van der Waals surface area contributed by atoms with Crippen LogP contribution in [-0.2, 0) is 16.6 Å². The normalized spacial score (nSPS) is 17.9. The van der Waals surface area contributed by atoms with E-state index in [9.17, 15) is 8.42 Å². The van der Waals surface area contributed by atoms with Gasteiger partial charge in [0.1, 0.15) is 0 Å². The van der Waals surface area contributed by atoms with Gasteiger partial charge in [-0.1, -0.05) is 13.8 Å². The van der Waals surface area contributed by atoms with Crippen LogP contribution in [0.3, 0.4) is 0 Å². The van der Waals surface area contributed by atoms with Crippen LogP contribution in [0.25, 0.3) is 0 Å². The number of hydrogen-bond acceptors (Lipinski definition) is 3. The minimum Gasteiger partial charge on any atom is -0.363 e. The van der Waals surface area contributed by atoms with Gasteiger partial charge < -0.3 is 10.3 Å². The van der Waals surface area contributed by atoms with Gasteiger partial charge in [-0.3, -0.25) is 0 Å². The molecule has 1 fully saturated rings. The van der Waals surface area contributed by atoms with E-state index >= 15 is 0 Å². The van der Waals surface area contributed by atoms with E-state index in [4.69, 9.17) is 0 Å². The molecule has 0 bridgehead atoms. The van der Waals surface area contributed by atoms with Crippen LogP contribution < -0.4 is 10.0 Å². The van der Waals surface area contributed by atoms with Crippen LogP contribution in [0.5, 0.6) is 0 Å². The topological polar surface area (TPSA) is 74.0 Å². The van der Waals surface area contributed by atoms with E-state index in [1.807, 2.05) is 20.8 Å². The van der Waals surface area contributed by atoms with Crippen molar-refractivity contribution in [3.05, 3.63) is 18.0 Å². The Bertz CT molecular complexity index is 518. The number of aromatic amines is 1. The van der Waals surface area contributed by atoms with E-state index in [1.54, 1.807) is 12.3 Å². The summed E-state index contributed by atoms with van der Waals surface area (Å²) in [6, 6.07) is 2.24. The Morgan fingerprint density at radius 2 is 2.05 bits per heavy atom. The van der Waals surface area contributed by atoms with Gasteiger partial charge in [-0.25, -0.2) is 13.1 Å². The first-order chi connectivity index (χ1) is 8.88. The van der Waals surface area contributed by atoms with Gasteiger partial charge in [-0.05, 0) is 31.7 Å². The molecule has 0 aromatic carbocycles. The van der Waals surface area contributed by atoms with Crippen molar-refractivity contribution in [2.75, 3.05) is 0 Å². The van der Waals surface area contributed by atoms with E-state index in [0.717, 1.165) is 5.69 Å². The van der Waals surface area contributed by atoms with Gasteiger partial charge in [-0.2, -0.15) is 0 Å². The molecule has 1 heterocycles. The Morgan fingerprint density at radius 3 is 2.63 bits per heavy atom. The minimum atomic E-state index is -3.42. The van der Waals surface area contributed by atoms with Gasteiger partial charge in [0, 0.05) is 30.5 Å². The van der Waals surface area contributed by atoms with Gasteiger partial charge in [0.2, 0.25) is 10.0 Å². The van der Waals surface area contributed by atoms with Crippen molar-refractivity contribution in [2.45, 2.75) is 57.1 Å². The summed E-state index contributed by atoms with van der Waals surface area (Å²) in [5, 5.41) is 3.35. The maximum Gasteiger partial charge on any atom is 0.242 e. The zero-order chi connectivity index (χ0) is 14.0. The second kappa shape index (κ2) is 5.64. The molecule has 1 saturated carbocycles. The second-order valence-electron chi connectivity index (χ2n) is 5.67. The molecule has 0 saturated heterocycles. The van der Waals surface area contributed by atoms with Crippen molar-refractivity contribution in [1.82, 2.24) is 15.0 Å². The molecule has 2 rings (SSSR count). The van der Waals surface area contributed by atoms with Crippen LogP contribution in [0.15, 0.2) is 17.2 Å². The minimum absolute atomic E-state index is 0.0760. The fourth-order valence-electron chi connectivity index (χ4n) is 1.67. The zero-order valence-electron chi connectivity index (χ0n) is 11.7. The highest BCUT2D eigenvalue weighted by molar-refractivity contribution is 7.89. The molecule has 0 amide bonds. The molecule has 0 spiro atoms. The summed E-state index contributed by atoms with van der Waals surface area (Å²) in [5.74, 6) is 0.268. The van der Waals surface area contributed by atoms with E-state index in [2.05, 4.69) is 15.0 Å². The van der Waals surface area contributed by atoms with E-state index in [1.165, 1.54) is 12.8 Å². The Balaban J connectivity index is 1.99. The number of sulfonamides is 1. The Labute approximate surface area is 115 Å². The van der Waals surface area contributed by atoms with Gasteiger partial charge >= 0.3 is 0 Å². The summed E-state index contributed by atoms with van der Waals surface area (Å²) in [4.78, 5) is 3.33. The van der Waals surface area contributed by atoms with Crippen molar-refractivity contribution in [2.24, 2.45) is 5.92 Å². The molecule has 1 aromatic heterocycles. The molecule has 1 aliphatic carbocycles. The number of H-pyrrole nitrogens is 1.